The van der Waals surface area contributed by atoms with Crippen molar-refractivity contribution >= 4 is 49.0 Å². The van der Waals surface area contributed by atoms with Gasteiger partial charge in [0, 0.05) is 19.5 Å². The van der Waals surface area contributed by atoms with E-state index >= 15 is 0 Å². The van der Waals surface area contributed by atoms with Gasteiger partial charge in [-0.05, 0) is 43.7 Å². The van der Waals surface area contributed by atoms with Crippen LogP contribution in [0.1, 0.15) is 28.8 Å². The van der Waals surface area contributed by atoms with Crippen molar-refractivity contribution in [2.45, 2.75) is 25.3 Å². The highest BCUT2D eigenvalue weighted by atomic mass is 32.1. The normalized spacial score (nSPS) is 17.6. The number of hydrogen-bond acceptors (Lipinski definition) is 6. The first-order chi connectivity index (χ1) is 14.7. The molecule has 1 fully saturated rings. The molecule has 1 saturated heterocycles. The fourth-order valence-electron chi connectivity index (χ4n) is 4.06. The van der Waals surface area contributed by atoms with E-state index in [0.717, 1.165) is 42.0 Å². The summed E-state index contributed by atoms with van der Waals surface area (Å²) in [5.74, 6) is 0.567. The van der Waals surface area contributed by atoms with Crippen molar-refractivity contribution in [3.63, 3.8) is 0 Å². The first-order valence-electron chi connectivity index (χ1n) is 10.3. The number of nitrogens with zero attached hydrogens (tertiary/aromatic N) is 4. The zero-order valence-electron chi connectivity index (χ0n) is 17.0. The average molecular weight is 437 g/mol. The van der Waals surface area contributed by atoms with E-state index in [0.29, 0.717) is 19.0 Å². The van der Waals surface area contributed by atoms with Gasteiger partial charge in [-0.2, -0.15) is 0 Å². The predicted molar refractivity (Wildman–Crippen MR) is 124 cm³/mol. The predicted octanol–water partition coefficient (Wildman–Crippen LogP) is 4.74. The number of likely N-dealkylation sites (N-methyl/N-ethyl adjacent to an activating group) is 1. The summed E-state index contributed by atoms with van der Waals surface area (Å²) in [5, 5.41) is 2.19. The van der Waals surface area contributed by atoms with Crippen molar-refractivity contribution in [1.29, 1.82) is 0 Å². The van der Waals surface area contributed by atoms with Crippen LogP contribution in [0.5, 0.6) is 0 Å². The van der Waals surface area contributed by atoms with Gasteiger partial charge in [0.1, 0.15) is 5.01 Å². The van der Waals surface area contributed by atoms with Crippen LogP contribution in [0.3, 0.4) is 0 Å². The van der Waals surface area contributed by atoms with Crippen LogP contribution in [0.2, 0.25) is 0 Å². The third kappa shape index (κ3) is 4.10. The lowest BCUT2D eigenvalue weighted by atomic mass is 9.99. The lowest BCUT2D eigenvalue weighted by Gasteiger charge is -2.32. The van der Waals surface area contributed by atoms with E-state index in [1.54, 1.807) is 27.6 Å². The average Bonchev–Trinajstić information content (AvgIpc) is 3.37. The van der Waals surface area contributed by atoms with Crippen molar-refractivity contribution < 1.29 is 4.79 Å². The van der Waals surface area contributed by atoms with Gasteiger partial charge >= 0.3 is 0 Å². The third-order valence-corrected chi connectivity index (χ3v) is 7.88. The number of amides is 1. The highest BCUT2D eigenvalue weighted by molar-refractivity contribution is 7.18. The lowest BCUT2D eigenvalue weighted by molar-refractivity contribution is -0.131. The molecule has 0 radical (unpaired) electrons. The molecule has 5 nitrogen and oxygen atoms in total. The van der Waals surface area contributed by atoms with Gasteiger partial charge < -0.3 is 4.90 Å². The minimum absolute atomic E-state index is 0.152. The Bertz CT molecular complexity index is 1120. The van der Waals surface area contributed by atoms with Gasteiger partial charge in [-0.1, -0.05) is 24.3 Å². The van der Waals surface area contributed by atoms with Crippen LogP contribution in [-0.2, 0) is 11.3 Å². The number of benzene rings is 2. The number of thiazole rings is 2. The van der Waals surface area contributed by atoms with E-state index in [4.69, 9.17) is 4.98 Å². The number of likely N-dealkylation sites (tertiary alicyclic amines) is 1. The highest BCUT2D eigenvalue weighted by Crippen LogP contribution is 2.33. The molecule has 0 bridgehead atoms. The summed E-state index contributed by atoms with van der Waals surface area (Å²) < 4.78 is 2.42. The van der Waals surface area contributed by atoms with Crippen molar-refractivity contribution in [2.24, 2.45) is 0 Å². The summed E-state index contributed by atoms with van der Waals surface area (Å²) in [4.78, 5) is 26.5. The molecule has 2 aromatic heterocycles. The molecule has 0 spiro atoms. The molecule has 3 heterocycles. The maximum atomic E-state index is 12.9. The summed E-state index contributed by atoms with van der Waals surface area (Å²) in [6.45, 7) is 2.90. The highest BCUT2D eigenvalue weighted by Gasteiger charge is 2.26. The maximum absolute atomic E-state index is 12.9. The number of hydrogen-bond donors (Lipinski definition) is 0. The standard InChI is InChI=1S/C23H24N4OS2/c1-26(14-21-24-17-8-2-4-10-19(17)29-21)22(28)15-27-12-6-7-16(13-27)23-25-18-9-3-5-11-20(18)30-23/h2-5,8-11,16H,6-7,12-15H2,1H3/t16-/m0/s1. The van der Waals surface area contributed by atoms with E-state index in [2.05, 4.69) is 34.1 Å². The van der Waals surface area contributed by atoms with E-state index in [1.807, 2.05) is 31.3 Å². The van der Waals surface area contributed by atoms with Gasteiger partial charge in [0.2, 0.25) is 5.91 Å². The summed E-state index contributed by atoms with van der Waals surface area (Å²) in [6.07, 6.45) is 2.25. The molecule has 2 aromatic carbocycles. The topological polar surface area (TPSA) is 49.3 Å². The monoisotopic (exact) mass is 436 g/mol. The molecule has 7 heteroatoms. The quantitative estimate of drug-likeness (QED) is 0.453. The fourth-order valence-corrected chi connectivity index (χ4v) is 6.17. The second-order valence-electron chi connectivity index (χ2n) is 7.92. The second-order valence-corrected chi connectivity index (χ2v) is 10.1. The zero-order chi connectivity index (χ0) is 20.5. The van der Waals surface area contributed by atoms with Gasteiger partial charge in [0.25, 0.3) is 0 Å². The van der Waals surface area contributed by atoms with Crippen molar-refractivity contribution in [3.05, 3.63) is 58.5 Å². The Hall–Kier alpha value is -2.35. The summed E-state index contributed by atoms with van der Waals surface area (Å²) in [7, 11) is 1.88. The SMILES string of the molecule is CN(Cc1nc2ccccc2s1)C(=O)CN1CCC[C@H](c2nc3ccccc3s2)C1. The summed E-state index contributed by atoms with van der Waals surface area (Å²) in [6, 6.07) is 16.4. The van der Waals surface area contributed by atoms with Crippen LogP contribution in [0.4, 0.5) is 0 Å². The van der Waals surface area contributed by atoms with E-state index in [-0.39, 0.29) is 5.91 Å². The van der Waals surface area contributed by atoms with Gasteiger partial charge in [-0.15, -0.1) is 22.7 Å². The molecule has 1 amide bonds. The molecule has 1 atom stereocenters. The summed E-state index contributed by atoms with van der Waals surface area (Å²) >= 11 is 3.46. The largest absolute Gasteiger partial charge is 0.338 e. The van der Waals surface area contributed by atoms with E-state index in [1.165, 1.54) is 14.4 Å². The van der Waals surface area contributed by atoms with Gasteiger partial charge in [0.15, 0.2) is 0 Å². The van der Waals surface area contributed by atoms with Crippen LogP contribution < -0.4 is 0 Å². The van der Waals surface area contributed by atoms with Crippen molar-refractivity contribution in [1.82, 2.24) is 19.8 Å². The Kier molecular flexibility index (Phi) is 5.50. The molecule has 0 N–H and O–H groups in total. The van der Waals surface area contributed by atoms with Crippen LogP contribution in [-0.4, -0.2) is 52.4 Å². The Morgan fingerprint density at radius 1 is 1.07 bits per heavy atom. The molecule has 4 aromatic rings. The Morgan fingerprint density at radius 3 is 2.50 bits per heavy atom. The fraction of sp³-hybridized carbons (Fsp3) is 0.348. The maximum Gasteiger partial charge on any atom is 0.236 e. The molecule has 30 heavy (non-hydrogen) atoms. The Morgan fingerprint density at radius 2 is 1.77 bits per heavy atom. The van der Waals surface area contributed by atoms with E-state index in [9.17, 15) is 4.79 Å². The van der Waals surface area contributed by atoms with Gasteiger partial charge in [-0.25, -0.2) is 9.97 Å². The molecule has 0 unspecified atom stereocenters. The second kappa shape index (κ2) is 8.41. The molecule has 0 saturated carbocycles. The van der Waals surface area contributed by atoms with Gasteiger partial charge in [-0.3, -0.25) is 9.69 Å². The summed E-state index contributed by atoms with van der Waals surface area (Å²) in [5.41, 5.74) is 2.09. The van der Waals surface area contributed by atoms with Crippen molar-refractivity contribution in [3.8, 4) is 0 Å². The first kappa shape index (κ1) is 19.6. The molecule has 154 valence electrons. The Balaban J connectivity index is 1.21. The van der Waals surface area contributed by atoms with Gasteiger partial charge in [0.05, 0.1) is 38.5 Å². The molecular weight excluding hydrogens is 412 g/mol. The number of piperidine rings is 1. The number of carbonyl (C=O) groups is 1. The van der Waals surface area contributed by atoms with E-state index < -0.39 is 0 Å². The molecule has 0 aliphatic carbocycles. The number of fused-ring (bicyclic) bond motifs is 2. The molecule has 1 aliphatic rings. The molecule has 1 aliphatic heterocycles. The molecular formula is C23H24N4OS2. The lowest BCUT2D eigenvalue weighted by Crippen LogP contribution is -2.42. The smallest absolute Gasteiger partial charge is 0.236 e. The van der Waals surface area contributed by atoms with Crippen LogP contribution >= 0.6 is 22.7 Å². The van der Waals surface area contributed by atoms with Crippen LogP contribution in [0, 0.1) is 0 Å². The van der Waals surface area contributed by atoms with Crippen molar-refractivity contribution in [2.75, 3.05) is 26.7 Å². The first-order valence-corrected chi connectivity index (χ1v) is 12.0. The minimum Gasteiger partial charge on any atom is -0.338 e. The third-order valence-electron chi connectivity index (χ3n) is 5.66. The minimum atomic E-state index is 0.152. The van der Waals surface area contributed by atoms with Crippen LogP contribution in [0.15, 0.2) is 48.5 Å². The number of para-hydroxylation sites is 2. The molecule has 5 rings (SSSR count). The number of rotatable bonds is 5. The van der Waals surface area contributed by atoms with Crippen LogP contribution in [0.25, 0.3) is 20.4 Å². The number of carbonyl (C=O) groups excluding carboxylic acids is 1. The zero-order valence-corrected chi connectivity index (χ0v) is 18.6. The Labute approximate surface area is 184 Å². The number of aromatic nitrogens is 2.